The summed E-state index contributed by atoms with van der Waals surface area (Å²) in [6.07, 6.45) is 10.4. The number of hydrogen-bond donors (Lipinski definition) is 1. The van der Waals surface area contributed by atoms with Crippen molar-refractivity contribution in [3.05, 3.63) is 57.3 Å². The van der Waals surface area contributed by atoms with Crippen molar-refractivity contribution in [3.8, 4) is 12.3 Å². The highest BCUT2D eigenvalue weighted by Gasteiger charge is 2.32. The van der Waals surface area contributed by atoms with E-state index in [-0.39, 0.29) is 0 Å². The minimum absolute atomic E-state index is 0.774. The molecule has 1 aromatic heterocycles. The molecule has 0 radical (unpaired) electrons. The third-order valence-corrected chi connectivity index (χ3v) is 5.10. The number of terminal acetylenes is 1. The number of aryl methyl sites for hydroxylation is 2. The first-order chi connectivity index (χ1) is 9.24. The van der Waals surface area contributed by atoms with Crippen molar-refractivity contribution >= 4 is 11.3 Å². The molecule has 0 fully saturated rings. The number of benzene rings is 1. The van der Waals surface area contributed by atoms with Gasteiger partial charge in [-0.2, -0.15) is 0 Å². The average Bonchev–Trinajstić information content (AvgIpc) is 2.92. The van der Waals surface area contributed by atoms with Gasteiger partial charge in [0.05, 0.1) is 4.88 Å². The van der Waals surface area contributed by atoms with Gasteiger partial charge in [-0.15, -0.1) is 17.8 Å². The van der Waals surface area contributed by atoms with E-state index in [0.717, 1.165) is 23.3 Å². The molecule has 1 aromatic carbocycles. The minimum atomic E-state index is -1.29. The quantitative estimate of drug-likeness (QED) is 0.827. The minimum Gasteiger partial charge on any atom is -0.369 e. The van der Waals surface area contributed by atoms with Crippen LogP contribution in [-0.4, -0.2) is 5.11 Å². The highest BCUT2D eigenvalue weighted by atomic mass is 32.1. The molecule has 19 heavy (non-hydrogen) atoms. The molecule has 1 N–H and O–H groups in total. The van der Waals surface area contributed by atoms with E-state index in [0.29, 0.717) is 0 Å². The van der Waals surface area contributed by atoms with E-state index >= 15 is 0 Å². The van der Waals surface area contributed by atoms with Gasteiger partial charge in [-0.05, 0) is 37.3 Å². The normalized spacial score (nSPS) is 17.3. The van der Waals surface area contributed by atoms with E-state index in [9.17, 15) is 5.11 Å². The van der Waals surface area contributed by atoms with E-state index in [1.807, 2.05) is 30.3 Å². The summed E-state index contributed by atoms with van der Waals surface area (Å²) in [7, 11) is 0. The Morgan fingerprint density at radius 2 is 1.89 bits per heavy atom. The van der Waals surface area contributed by atoms with Crippen LogP contribution in [-0.2, 0) is 18.4 Å². The van der Waals surface area contributed by atoms with Crippen LogP contribution in [0.15, 0.2) is 36.4 Å². The monoisotopic (exact) mass is 268 g/mol. The van der Waals surface area contributed by atoms with Crippen LogP contribution in [0.5, 0.6) is 0 Å². The van der Waals surface area contributed by atoms with Gasteiger partial charge in [0.15, 0.2) is 5.60 Å². The summed E-state index contributed by atoms with van der Waals surface area (Å²) in [6, 6.07) is 11.6. The molecule has 2 heteroatoms. The lowest BCUT2D eigenvalue weighted by molar-refractivity contribution is 0.149. The Balaban J connectivity index is 2.08. The Morgan fingerprint density at radius 1 is 1.16 bits per heavy atom. The molecule has 0 saturated heterocycles. The predicted octanol–water partition coefficient (Wildman–Crippen LogP) is 3.50. The summed E-state index contributed by atoms with van der Waals surface area (Å²) in [5, 5.41) is 10.9. The Morgan fingerprint density at radius 3 is 2.58 bits per heavy atom. The molecule has 0 amide bonds. The molecule has 1 atom stereocenters. The molecule has 0 bridgehead atoms. The SMILES string of the molecule is C#CC(O)(c1ccccc1)c1cc2c(s1)CCCC2. The molecule has 3 rings (SSSR count). The molecule has 1 aliphatic rings. The number of hydrogen-bond acceptors (Lipinski definition) is 2. The summed E-state index contributed by atoms with van der Waals surface area (Å²) < 4.78 is 0. The van der Waals surface area contributed by atoms with E-state index in [4.69, 9.17) is 6.42 Å². The smallest absolute Gasteiger partial charge is 0.185 e. The van der Waals surface area contributed by atoms with Gasteiger partial charge in [0.1, 0.15) is 0 Å². The van der Waals surface area contributed by atoms with Gasteiger partial charge in [0.25, 0.3) is 0 Å². The Kier molecular flexibility index (Phi) is 3.18. The number of aliphatic hydroxyl groups is 1. The molecule has 1 unspecified atom stereocenters. The zero-order valence-corrected chi connectivity index (χ0v) is 11.5. The van der Waals surface area contributed by atoms with Crippen LogP contribution < -0.4 is 0 Å². The van der Waals surface area contributed by atoms with Crippen LogP contribution in [0, 0.1) is 12.3 Å². The topological polar surface area (TPSA) is 20.2 Å². The maximum Gasteiger partial charge on any atom is 0.185 e. The number of thiophene rings is 1. The third kappa shape index (κ3) is 2.10. The second kappa shape index (κ2) is 4.85. The highest BCUT2D eigenvalue weighted by Crippen LogP contribution is 2.38. The van der Waals surface area contributed by atoms with Gasteiger partial charge in [0.2, 0.25) is 0 Å². The van der Waals surface area contributed by atoms with Crippen LogP contribution in [0.4, 0.5) is 0 Å². The zero-order chi connectivity index (χ0) is 13.3. The lowest BCUT2D eigenvalue weighted by atomic mass is 9.91. The van der Waals surface area contributed by atoms with E-state index in [1.165, 1.54) is 23.3 Å². The summed E-state index contributed by atoms with van der Waals surface area (Å²) in [5.41, 5.74) is 0.857. The van der Waals surface area contributed by atoms with Crippen LogP contribution in [0.3, 0.4) is 0 Å². The second-order valence-electron chi connectivity index (χ2n) is 4.99. The predicted molar refractivity (Wildman–Crippen MR) is 79.2 cm³/mol. The average molecular weight is 268 g/mol. The first-order valence-corrected chi connectivity index (χ1v) is 7.43. The van der Waals surface area contributed by atoms with Crippen molar-refractivity contribution in [2.45, 2.75) is 31.3 Å². The standard InChI is InChI=1S/C17H16OS/c1-2-17(18,14-9-4-3-5-10-14)16-12-13-8-6-7-11-15(13)19-16/h1,3-5,9-10,12,18H,6-8,11H2. The maximum absolute atomic E-state index is 10.9. The van der Waals surface area contributed by atoms with Crippen molar-refractivity contribution < 1.29 is 5.11 Å². The Hall–Kier alpha value is -1.56. The molecule has 0 saturated carbocycles. The van der Waals surface area contributed by atoms with Gasteiger partial charge in [-0.1, -0.05) is 36.3 Å². The maximum atomic E-state index is 10.9. The van der Waals surface area contributed by atoms with Crippen LogP contribution in [0.2, 0.25) is 0 Å². The fourth-order valence-electron chi connectivity index (χ4n) is 2.65. The summed E-state index contributed by atoms with van der Waals surface area (Å²) in [6.45, 7) is 0. The fourth-order valence-corrected chi connectivity index (χ4v) is 3.97. The van der Waals surface area contributed by atoms with Crippen molar-refractivity contribution in [2.75, 3.05) is 0 Å². The molecule has 1 nitrogen and oxygen atoms in total. The largest absolute Gasteiger partial charge is 0.369 e. The molecule has 0 aliphatic heterocycles. The molecule has 96 valence electrons. The fraction of sp³-hybridized carbons (Fsp3) is 0.294. The van der Waals surface area contributed by atoms with Gasteiger partial charge in [-0.25, -0.2) is 0 Å². The van der Waals surface area contributed by atoms with Crippen molar-refractivity contribution in [2.24, 2.45) is 0 Å². The molecule has 2 aromatic rings. The lowest BCUT2D eigenvalue weighted by Crippen LogP contribution is -2.23. The van der Waals surface area contributed by atoms with Gasteiger partial charge in [0, 0.05) is 10.4 Å². The zero-order valence-electron chi connectivity index (χ0n) is 10.7. The molecule has 0 spiro atoms. The van der Waals surface area contributed by atoms with Crippen molar-refractivity contribution in [3.63, 3.8) is 0 Å². The van der Waals surface area contributed by atoms with Crippen molar-refractivity contribution in [1.82, 2.24) is 0 Å². The number of rotatable bonds is 2. The second-order valence-corrected chi connectivity index (χ2v) is 6.12. The van der Waals surface area contributed by atoms with Crippen LogP contribution >= 0.6 is 11.3 Å². The summed E-state index contributed by atoms with van der Waals surface area (Å²) >= 11 is 1.67. The van der Waals surface area contributed by atoms with Crippen LogP contribution in [0.1, 0.15) is 33.7 Å². The summed E-state index contributed by atoms with van der Waals surface area (Å²) in [4.78, 5) is 2.28. The van der Waals surface area contributed by atoms with E-state index in [1.54, 1.807) is 11.3 Å². The summed E-state index contributed by atoms with van der Waals surface area (Å²) in [5.74, 6) is 2.59. The molecule has 1 aliphatic carbocycles. The van der Waals surface area contributed by atoms with E-state index < -0.39 is 5.60 Å². The molecular formula is C17H16OS. The molecular weight excluding hydrogens is 252 g/mol. The first-order valence-electron chi connectivity index (χ1n) is 6.62. The number of fused-ring (bicyclic) bond motifs is 1. The van der Waals surface area contributed by atoms with E-state index in [2.05, 4.69) is 12.0 Å². The van der Waals surface area contributed by atoms with Gasteiger partial charge >= 0.3 is 0 Å². The lowest BCUT2D eigenvalue weighted by Gasteiger charge is -2.21. The highest BCUT2D eigenvalue weighted by molar-refractivity contribution is 7.12. The van der Waals surface area contributed by atoms with Crippen molar-refractivity contribution in [1.29, 1.82) is 0 Å². The molecule has 1 heterocycles. The Bertz CT molecular complexity index is 597. The first kappa shape index (κ1) is 12.5. The van der Waals surface area contributed by atoms with Crippen LogP contribution in [0.25, 0.3) is 0 Å². The van der Waals surface area contributed by atoms with Gasteiger partial charge < -0.3 is 5.11 Å². The Labute approximate surface area is 117 Å². The third-order valence-electron chi connectivity index (χ3n) is 3.75. The van der Waals surface area contributed by atoms with Gasteiger partial charge in [-0.3, -0.25) is 0 Å².